The Morgan fingerprint density at radius 1 is 1.10 bits per heavy atom. The van der Waals surface area contributed by atoms with Gasteiger partial charge in [-0.3, -0.25) is 4.79 Å². The van der Waals surface area contributed by atoms with Crippen LogP contribution >= 0.6 is 11.6 Å². The van der Waals surface area contributed by atoms with Crippen LogP contribution in [0.4, 0.5) is 0 Å². The number of phenols is 1. The van der Waals surface area contributed by atoms with Gasteiger partial charge in [-0.25, -0.2) is 0 Å². The maximum absolute atomic E-state index is 12.0. The number of aromatic hydroxyl groups is 1. The Kier molecular flexibility index (Phi) is 5.02. The number of hydrogen-bond acceptors (Lipinski definition) is 2. The van der Waals surface area contributed by atoms with Crippen LogP contribution in [0.15, 0.2) is 54.6 Å². The Morgan fingerprint density at radius 2 is 1.75 bits per heavy atom. The molecule has 1 unspecified atom stereocenters. The first-order valence-electron chi connectivity index (χ1n) is 6.38. The van der Waals surface area contributed by atoms with Crippen molar-refractivity contribution in [3.8, 4) is 5.75 Å². The van der Waals surface area contributed by atoms with Gasteiger partial charge in [-0.05, 0) is 11.6 Å². The molecular weight excluding hydrogens is 274 g/mol. The molecule has 3 nitrogen and oxygen atoms in total. The average Bonchev–Trinajstić information content (AvgIpc) is 2.48. The highest BCUT2D eigenvalue weighted by molar-refractivity contribution is 6.18. The lowest BCUT2D eigenvalue weighted by Crippen LogP contribution is -2.30. The fourth-order valence-electron chi connectivity index (χ4n) is 1.97. The number of para-hydroxylation sites is 1. The van der Waals surface area contributed by atoms with E-state index in [1.165, 1.54) is 0 Å². The van der Waals surface area contributed by atoms with Crippen LogP contribution in [0, 0.1) is 0 Å². The van der Waals surface area contributed by atoms with Crippen LogP contribution in [0.25, 0.3) is 0 Å². The van der Waals surface area contributed by atoms with Crippen molar-refractivity contribution in [2.75, 3.05) is 5.88 Å². The van der Waals surface area contributed by atoms with Gasteiger partial charge in [0.2, 0.25) is 5.91 Å². The van der Waals surface area contributed by atoms with E-state index in [4.69, 9.17) is 11.6 Å². The third-order valence-corrected chi connectivity index (χ3v) is 3.34. The molecule has 4 heteroatoms. The minimum atomic E-state index is -0.226. The summed E-state index contributed by atoms with van der Waals surface area (Å²) in [5, 5.41) is 12.5. The lowest BCUT2D eigenvalue weighted by atomic mass is 10.1. The molecular formula is C16H16ClNO2. The predicted octanol–water partition coefficient (Wildman–Crippen LogP) is 3.03. The number of amides is 1. The number of alkyl halides is 1. The molecule has 0 saturated carbocycles. The molecule has 1 amide bonds. The van der Waals surface area contributed by atoms with Gasteiger partial charge in [-0.1, -0.05) is 48.5 Å². The summed E-state index contributed by atoms with van der Waals surface area (Å²) in [5.74, 6) is 0.266. The largest absolute Gasteiger partial charge is 0.508 e. The summed E-state index contributed by atoms with van der Waals surface area (Å²) in [4.78, 5) is 12.0. The lowest BCUT2D eigenvalue weighted by Gasteiger charge is -2.16. The van der Waals surface area contributed by atoms with Crippen LogP contribution in [-0.4, -0.2) is 16.9 Å². The van der Waals surface area contributed by atoms with Gasteiger partial charge in [0.25, 0.3) is 0 Å². The Morgan fingerprint density at radius 3 is 2.40 bits per heavy atom. The molecule has 2 aromatic rings. The molecule has 0 spiro atoms. The summed E-state index contributed by atoms with van der Waals surface area (Å²) in [7, 11) is 0. The average molecular weight is 290 g/mol. The second kappa shape index (κ2) is 6.96. The highest BCUT2D eigenvalue weighted by atomic mass is 35.5. The maximum Gasteiger partial charge on any atom is 0.225 e. The molecule has 0 aliphatic rings. The molecule has 0 bridgehead atoms. The molecule has 0 aliphatic carbocycles. The van der Waals surface area contributed by atoms with Gasteiger partial charge in [0.1, 0.15) is 5.75 Å². The zero-order chi connectivity index (χ0) is 14.4. The van der Waals surface area contributed by atoms with Crippen LogP contribution in [-0.2, 0) is 11.2 Å². The number of carbonyl (C=O) groups is 1. The van der Waals surface area contributed by atoms with Gasteiger partial charge in [0, 0.05) is 11.4 Å². The number of hydrogen-bond donors (Lipinski definition) is 2. The number of nitrogens with one attached hydrogen (secondary N) is 1. The molecule has 1 atom stereocenters. The minimum Gasteiger partial charge on any atom is -0.508 e. The summed E-state index contributed by atoms with van der Waals surface area (Å²) in [6.07, 6.45) is 0.132. The maximum atomic E-state index is 12.0. The standard InChI is InChI=1S/C16H16ClNO2/c17-11-14(12-6-2-1-3-7-12)18-16(20)10-13-8-4-5-9-15(13)19/h1-9,14,19H,10-11H2,(H,18,20). The first-order valence-corrected chi connectivity index (χ1v) is 6.91. The number of halogens is 1. The van der Waals surface area contributed by atoms with E-state index in [9.17, 15) is 9.90 Å². The monoisotopic (exact) mass is 289 g/mol. The fourth-order valence-corrected chi connectivity index (χ4v) is 2.23. The van der Waals surface area contributed by atoms with Crippen LogP contribution in [0.1, 0.15) is 17.2 Å². The minimum absolute atomic E-state index is 0.129. The second-order valence-corrected chi connectivity index (χ2v) is 4.80. The Hall–Kier alpha value is -2.00. The fraction of sp³-hybridized carbons (Fsp3) is 0.188. The first kappa shape index (κ1) is 14.4. The second-order valence-electron chi connectivity index (χ2n) is 4.49. The third-order valence-electron chi connectivity index (χ3n) is 3.03. The van der Waals surface area contributed by atoms with Gasteiger partial charge in [-0.2, -0.15) is 0 Å². The highest BCUT2D eigenvalue weighted by Crippen LogP contribution is 2.18. The summed E-state index contributed by atoms with van der Waals surface area (Å²) >= 11 is 5.92. The Balaban J connectivity index is 2.02. The smallest absolute Gasteiger partial charge is 0.225 e. The van der Waals surface area contributed by atoms with E-state index in [0.717, 1.165) is 5.56 Å². The van der Waals surface area contributed by atoms with Crippen molar-refractivity contribution in [3.05, 3.63) is 65.7 Å². The molecule has 0 aromatic heterocycles. The van der Waals surface area contributed by atoms with Crippen LogP contribution in [0.2, 0.25) is 0 Å². The number of benzene rings is 2. The zero-order valence-corrected chi connectivity index (χ0v) is 11.7. The van der Waals surface area contributed by atoms with Crippen molar-refractivity contribution >= 4 is 17.5 Å². The molecule has 104 valence electrons. The number of rotatable bonds is 5. The van der Waals surface area contributed by atoms with Crippen molar-refractivity contribution in [3.63, 3.8) is 0 Å². The van der Waals surface area contributed by atoms with Crippen molar-refractivity contribution in [1.29, 1.82) is 0 Å². The van der Waals surface area contributed by atoms with Crippen molar-refractivity contribution in [1.82, 2.24) is 5.32 Å². The van der Waals surface area contributed by atoms with Gasteiger partial charge in [0.15, 0.2) is 0 Å². The lowest BCUT2D eigenvalue weighted by molar-refractivity contribution is -0.121. The molecule has 2 aromatic carbocycles. The van der Waals surface area contributed by atoms with E-state index < -0.39 is 0 Å². The van der Waals surface area contributed by atoms with E-state index in [-0.39, 0.29) is 24.1 Å². The zero-order valence-electron chi connectivity index (χ0n) is 10.9. The van der Waals surface area contributed by atoms with E-state index >= 15 is 0 Å². The van der Waals surface area contributed by atoms with Crippen molar-refractivity contribution in [2.24, 2.45) is 0 Å². The van der Waals surface area contributed by atoms with E-state index in [1.54, 1.807) is 24.3 Å². The van der Waals surface area contributed by atoms with Gasteiger partial charge < -0.3 is 10.4 Å². The predicted molar refractivity (Wildman–Crippen MR) is 79.9 cm³/mol. The Labute approximate surface area is 123 Å². The summed E-state index contributed by atoms with van der Waals surface area (Å²) in [5.41, 5.74) is 1.57. The molecule has 0 heterocycles. The molecule has 0 radical (unpaired) electrons. The molecule has 2 N–H and O–H groups in total. The molecule has 20 heavy (non-hydrogen) atoms. The summed E-state index contributed by atoms with van der Waals surface area (Å²) in [6.45, 7) is 0. The van der Waals surface area contributed by atoms with Crippen LogP contribution in [0.3, 0.4) is 0 Å². The van der Waals surface area contributed by atoms with Crippen LogP contribution < -0.4 is 5.32 Å². The van der Waals surface area contributed by atoms with E-state index in [0.29, 0.717) is 11.4 Å². The van der Waals surface area contributed by atoms with E-state index in [2.05, 4.69) is 5.32 Å². The first-order chi connectivity index (χ1) is 9.70. The van der Waals surface area contributed by atoms with Gasteiger partial charge >= 0.3 is 0 Å². The number of carbonyl (C=O) groups excluding carboxylic acids is 1. The molecule has 0 fully saturated rings. The quantitative estimate of drug-likeness (QED) is 0.831. The van der Waals surface area contributed by atoms with E-state index in [1.807, 2.05) is 30.3 Å². The highest BCUT2D eigenvalue weighted by Gasteiger charge is 2.14. The molecule has 0 saturated heterocycles. The SMILES string of the molecule is O=C(Cc1ccccc1O)NC(CCl)c1ccccc1. The molecule has 2 rings (SSSR count). The van der Waals surface area contributed by atoms with Gasteiger partial charge in [0.05, 0.1) is 12.5 Å². The van der Waals surface area contributed by atoms with Gasteiger partial charge in [-0.15, -0.1) is 11.6 Å². The summed E-state index contributed by atoms with van der Waals surface area (Å²) < 4.78 is 0. The normalized spacial score (nSPS) is 11.8. The Bertz CT molecular complexity index is 572. The third kappa shape index (κ3) is 3.75. The number of phenolic OH excluding ortho intramolecular Hbond substituents is 1. The topological polar surface area (TPSA) is 49.3 Å². The molecule has 0 aliphatic heterocycles. The van der Waals surface area contributed by atoms with Crippen molar-refractivity contribution < 1.29 is 9.90 Å². The van der Waals surface area contributed by atoms with Crippen LogP contribution in [0.5, 0.6) is 5.75 Å². The van der Waals surface area contributed by atoms with Crippen molar-refractivity contribution in [2.45, 2.75) is 12.5 Å². The summed E-state index contributed by atoms with van der Waals surface area (Å²) in [6, 6.07) is 16.2.